The summed E-state index contributed by atoms with van der Waals surface area (Å²) in [5.74, 6) is -4.63. The first-order chi connectivity index (χ1) is 6.62. The molecule has 15 heavy (non-hydrogen) atoms. The number of halogens is 4. The number of hydrogen-bond acceptors (Lipinski definition) is 2. The van der Waals surface area contributed by atoms with Crippen molar-refractivity contribution in [3.8, 4) is 0 Å². The third-order valence-corrected chi connectivity index (χ3v) is 3.04. The fourth-order valence-electron chi connectivity index (χ4n) is 0.992. The van der Waals surface area contributed by atoms with E-state index in [0.29, 0.717) is 19.1 Å². The van der Waals surface area contributed by atoms with Crippen molar-refractivity contribution in [1.29, 1.82) is 0 Å². The van der Waals surface area contributed by atoms with Crippen molar-refractivity contribution in [1.82, 2.24) is 0 Å². The minimum absolute atomic E-state index is 0.468. The van der Waals surface area contributed by atoms with Gasteiger partial charge in [-0.3, -0.25) is 0 Å². The monoisotopic (exact) mass is 258 g/mol. The summed E-state index contributed by atoms with van der Waals surface area (Å²) < 4.78 is 60.2. The van der Waals surface area contributed by atoms with Crippen LogP contribution in [0.15, 0.2) is 23.1 Å². The Labute approximate surface area is 89.1 Å². The zero-order valence-corrected chi connectivity index (χ0v) is 9.04. The molecule has 0 saturated heterocycles. The summed E-state index contributed by atoms with van der Waals surface area (Å²) in [6, 6.07) is 1.99. The first-order valence-electron chi connectivity index (χ1n) is 3.75. The summed E-state index contributed by atoms with van der Waals surface area (Å²) in [6.07, 6.45) is 0. The van der Waals surface area contributed by atoms with Gasteiger partial charge in [-0.15, -0.1) is 0 Å². The van der Waals surface area contributed by atoms with E-state index < -0.39 is 31.2 Å². The van der Waals surface area contributed by atoms with E-state index in [4.69, 9.17) is 10.7 Å². The highest BCUT2D eigenvalue weighted by atomic mass is 35.7. The quantitative estimate of drug-likeness (QED) is 0.765. The van der Waals surface area contributed by atoms with E-state index in [1.54, 1.807) is 0 Å². The Morgan fingerprint density at radius 3 is 2.27 bits per heavy atom. The second-order valence-electron chi connectivity index (χ2n) is 2.97. The molecule has 0 radical (unpaired) electrons. The smallest absolute Gasteiger partial charge is 0.207 e. The Hall–Kier alpha value is -0.750. The Morgan fingerprint density at radius 2 is 1.87 bits per heavy atom. The summed E-state index contributed by atoms with van der Waals surface area (Å²) in [7, 11) is 0.808. The van der Waals surface area contributed by atoms with Gasteiger partial charge in [0.15, 0.2) is 0 Å². The zero-order valence-electron chi connectivity index (χ0n) is 7.47. The molecule has 0 aromatic heterocycles. The lowest BCUT2D eigenvalue weighted by atomic mass is 10.1. The van der Waals surface area contributed by atoms with Crippen LogP contribution in [0, 0.1) is 5.82 Å². The van der Waals surface area contributed by atoms with Crippen LogP contribution in [0.2, 0.25) is 0 Å². The van der Waals surface area contributed by atoms with Crippen molar-refractivity contribution >= 4 is 19.7 Å². The SMILES string of the molecule is CC(F)(F)c1cc(S(=O)(=O)Cl)ccc1F. The molecule has 0 fully saturated rings. The van der Waals surface area contributed by atoms with E-state index in [1.165, 1.54) is 0 Å². The van der Waals surface area contributed by atoms with Crippen LogP contribution in [0.1, 0.15) is 12.5 Å². The van der Waals surface area contributed by atoms with Crippen LogP contribution < -0.4 is 0 Å². The van der Waals surface area contributed by atoms with Crippen LogP contribution in [-0.4, -0.2) is 8.42 Å². The van der Waals surface area contributed by atoms with E-state index in [9.17, 15) is 21.6 Å². The molecule has 7 heteroatoms. The maximum atomic E-state index is 12.9. The molecule has 1 aromatic carbocycles. The zero-order chi connectivity index (χ0) is 11.9. The van der Waals surface area contributed by atoms with Gasteiger partial charge in [0.1, 0.15) is 5.82 Å². The van der Waals surface area contributed by atoms with Gasteiger partial charge in [0.25, 0.3) is 15.0 Å². The summed E-state index contributed by atoms with van der Waals surface area (Å²) in [4.78, 5) is -0.554. The first-order valence-corrected chi connectivity index (χ1v) is 6.06. The van der Waals surface area contributed by atoms with Gasteiger partial charge >= 0.3 is 0 Å². The second-order valence-corrected chi connectivity index (χ2v) is 5.53. The first kappa shape index (κ1) is 12.3. The normalized spacial score (nSPS) is 12.9. The number of hydrogen-bond donors (Lipinski definition) is 0. The molecule has 0 N–H and O–H groups in total. The van der Waals surface area contributed by atoms with E-state index in [0.717, 1.165) is 6.07 Å². The Morgan fingerprint density at radius 1 is 1.33 bits per heavy atom. The van der Waals surface area contributed by atoms with Crippen molar-refractivity contribution in [3.63, 3.8) is 0 Å². The van der Waals surface area contributed by atoms with Crippen LogP contribution >= 0.6 is 10.7 Å². The van der Waals surface area contributed by atoms with Crippen LogP contribution in [0.3, 0.4) is 0 Å². The molecular formula is C8H6ClF3O2S. The molecule has 0 aliphatic carbocycles. The lowest BCUT2D eigenvalue weighted by molar-refractivity contribution is 0.0135. The summed E-state index contributed by atoms with van der Waals surface area (Å²) in [5.41, 5.74) is -0.996. The molecule has 0 aliphatic heterocycles. The highest BCUT2D eigenvalue weighted by Gasteiger charge is 2.29. The van der Waals surface area contributed by atoms with Crippen LogP contribution in [-0.2, 0) is 15.0 Å². The maximum Gasteiger partial charge on any atom is 0.273 e. The second kappa shape index (κ2) is 3.68. The van der Waals surface area contributed by atoms with E-state index in [1.807, 2.05) is 0 Å². The molecule has 0 atom stereocenters. The molecule has 1 aromatic rings. The predicted octanol–water partition coefficient (Wildman–Crippen LogP) is 2.86. The number of rotatable bonds is 2. The Bertz CT molecular complexity index is 479. The highest BCUT2D eigenvalue weighted by Crippen LogP contribution is 2.31. The Balaban J connectivity index is 3.43. The third-order valence-electron chi connectivity index (χ3n) is 1.69. The van der Waals surface area contributed by atoms with Gasteiger partial charge in [0.2, 0.25) is 0 Å². The molecule has 84 valence electrons. The van der Waals surface area contributed by atoms with Crippen LogP contribution in [0.4, 0.5) is 13.2 Å². The molecule has 0 spiro atoms. The molecular weight excluding hydrogens is 253 g/mol. The van der Waals surface area contributed by atoms with Crippen molar-refractivity contribution in [2.24, 2.45) is 0 Å². The van der Waals surface area contributed by atoms with Gasteiger partial charge < -0.3 is 0 Å². The molecule has 2 nitrogen and oxygen atoms in total. The summed E-state index contributed by atoms with van der Waals surface area (Å²) in [6.45, 7) is 0.468. The van der Waals surface area contributed by atoms with Crippen molar-refractivity contribution in [3.05, 3.63) is 29.6 Å². The van der Waals surface area contributed by atoms with Crippen molar-refractivity contribution < 1.29 is 21.6 Å². The standard InChI is InChI=1S/C8H6ClF3O2S/c1-8(11,12)6-4-5(15(9,13)14)2-3-7(6)10/h2-4H,1H3. The van der Waals surface area contributed by atoms with Crippen molar-refractivity contribution in [2.75, 3.05) is 0 Å². The van der Waals surface area contributed by atoms with E-state index in [2.05, 4.69) is 0 Å². The molecule has 0 heterocycles. The lowest BCUT2D eigenvalue weighted by Gasteiger charge is -2.12. The van der Waals surface area contributed by atoms with Crippen molar-refractivity contribution in [2.45, 2.75) is 17.7 Å². The molecule has 0 amide bonds. The molecule has 0 bridgehead atoms. The number of alkyl halides is 2. The predicted molar refractivity (Wildman–Crippen MR) is 49.0 cm³/mol. The fourth-order valence-corrected chi connectivity index (χ4v) is 1.77. The lowest BCUT2D eigenvalue weighted by Crippen LogP contribution is -2.10. The molecule has 0 unspecified atom stereocenters. The topological polar surface area (TPSA) is 34.1 Å². The maximum absolute atomic E-state index is 12.9. The van der Waals surface area contributed by atoms with Gasteiger partial charge in [-0.1, -0.05) is 0 Å². The van der Waals surface area contributed by atoms with E-state index in [-0.39, 0.29) is 0 Å². The minimum atomic E-state index is -4.13. The third kappa shape index (κ3) is 2.85. The molecule has 1 rings (SSSR count). The largest absolute Gasteiger partial charge is 0.273 e. The van der Waals surface area contributed by atoms with Crippen LogP contribution in [0.25, 0.3) is 0 Å². The summed E-state index contributed by atoms with van der Waals surface area (Å²) >= 11 is 0. The molecule has 0 aliphatic rings. The van der Waals surface area contributed by atoms with Gasteiger partial charge in [0, 0.05) is 17.6 Å². The van der Waals surface area contributed by atoms with Crippen LogP contribution in [0.5, 0.6) is 0 Å². The van der Waals surface area contributed by atoms with Gasteiger partial charge in [-0.05, 0) is 18.2 Å². The minimum Gasteiger partial charge on any atom is -0.207 e. The molecule has 0 saturated carbocycles. The van der Waals surface area contributed by atoms with Gasteiger partial charge in [0.05, 0.1) is 10.5 Å². The average molecular weight is 259 g/mol. The van der Waals surface area contributed by atoms with Gasteiger partial charge in [-0.2, -0.15) is 0 Å². The average Bonchev–Trinajstić information content (AvgIpc) is 2.00. The highest BCUT2D eigenvalue weighted by molar-refractivity contribution is 8.13. The van der Waals surface area contributed by atoms with Gasteiger partial charge in [-0.25, -0.2) is 21.6 Å². The number of benzene rings is 1. The fraction of sp³-hybridized carbons (Fsp3) is 0.250. The Kier molecular flexibility index (Phi) is 3.02. The van der Waals surface area contributed by atoms with E-state index >= 15 is 0 Å². The summed E-state index contributed by atoms with van der Waals surface area (Å²) in [5, 5.41) is 0.